The van der Waals surface area contributed by atoms with Crippen molar-refractivity contribution in [2.24, 2.45) is 0 Å². The third-order valence-electron chi connectivity index (χ3n) is 1.80. The molecule has 0 unspecified atom stereocenters. The first-order valence-electron chi connectivity index (χ1n) is 4.64. The quantitative estimate of drug-likeness (QED) is 0.782. The van der Waals surface area contributed by atoms with Gasteiger partial charge in [-0.15, -0.1) is 0 Å². The molecule has 0 aromatic heterocycles. The molecule has 80 valence electrons. The van der Waals surface area contributed by atoms with E-state index in [1.54, 1.807) is 17.8 Å². The van der Waals surface area contributed by atoms with Crippen molar-refractivity contribution in [1.82, 2.24) is 0 Å². The fourth-order valence-electron chi connectivity index (χ4n) is 1.15. The minimum Gasteiger partial charge on any atom is -0.396 e. The molecule has 15 heavy (non-hydrogen) atoms. The van der Waals surface area contributed by atoms with Gasteiger partial charge < -0.3 is 5.11 Å². The highest BCUT2D eigenvalue weighted by Crippen LogP contribution is 2.16. The second-order valence-electron chi connectivity index (χ2n) is 3.09. The predicted molar refractivity (Wildman–Crippen MR) is 59.0 cm³/mol. The highest BCUT2D eigenvalue weighted by molar-refractivity contribution is 7.98. The number of hydrogen-bond acceptors (Lipinski definition) is 3. The Balaban J connectivity index is 2.54. The van der Waals surface area contributed by atoms with Gasteiger partial charge in [0.15, 0.2) is 0 Å². The van der Waals surface area contributed by atoms with E-state index in [0.29, 0.717) is 11.3 Å². The Bertz CT molecular complexity index is 362. The smallest absolute Gasteiger partial charge is 0.124 e. The molecule has 0 aliphatic rings. The molecule has 0 aliphatic carbocycles. The number of benzene rings is 1. The van der Waals surface area contributed by atoms with Gasteiger partial charge in [0.2, 0.25) is 0 Å². The van der Waals surface area contributed by atoms with E-state index < -0.39 is 0 Å². The van der Waals surface area contributed by atoms with Gasteiger partial charge in [0.25, 0.3) is 0 Å². The maximum atomic E-state index is 13.0. The summed E-state index contributed by atoms with van der Waals surface area (Å²) in [5.41, 5.74) is 1.17. The van der Waals surface area contributed by atoms with E-state index >= 15 is 0 Å². The van der Waals surface area contributed by atoms with Gasteiger partial charge in [-0.2, -0.15) is 17.0 Å². The van der Waals surface area contributed by atoms with Gasteiger partial charge >= 0.3 is 0 Å². The molecule has 0 amide bonds. The highest BCUT2D eigenvalue weighted by atomic mass is 32.2. The Labute approximate surface area is 92.7 Å². The fraction of sp³-hybridized carbons (Fsp3) is 0.364. The molecule has 0 saturated carbocycles. The number of halogens is 1. The summed E-state index contributed by atoms with van der Waals surface area (Å²) in [7, 11) is 0. The summed E-state index contributed by atoms with van der Waals surface area (Å²) in [5.74, 6) is 1.15. The Kier molecular flexibility index (Phi) is 5.16. The van der Waals surface area contributed by atoms with Crippen LogP contribution in [0.25, 0.3) is 0 Å². The van der Waals surface area contributed by atoms with Gasteiger partial charge in [0, 0.05) is 12.4 Å². The number of rotatable bonds is 5. The molecule has 1 aromatic rings. The second-order valence-corrected chi connectivity index (χ2v) is 4.19. The Hall–Kier alpha value is -1.05. The van der Waals surface area contributed by atoms with Crippen LogP contribution in [0.2, 0.25) is 0 Å². The third-order valence-corrected chi connectivity index (χ3v) is 2.92. The summed E-state index contributed by atoms with van der Waals surface area (Å²) in [6.45, 7) is 0.180. The molecular weight excluding hydrogens is 213 g/mol. The average Bonchev–Trinajstić information content (AvgIpc) is 2.23. The van der Waals surface area contributed by atoms with Gasteiger partial charge in [-0.3, -0.25) is 0 Å². The van der Waals surface area contributed by atoms with Gasteiger partial charge in [0.05, 0.1) is 11.6 Å². The largest absolute Gasteiger partial charge is 0.396 e. The standard InChI is InChI=1S/C11H12FNOS/c12-11-5-9(7-13)4-10(6-11)8-15-3-1-2-14/h4-6,14H,1-3,8H2. The molecule has 4 heteroatoms. The Morgan fingerprint density at radius 1 is 1.40 bits per heavy atom. The number of hydrogen-bond donors (Lipinski definition) is 1. The van der Waals surface area contributed by atoms with Crippen molar-refractivity contribution in [3.05, 3.63) is 35.1 Å². The molecule has 1 rings (SSSR count). The minimum absolute atomic E-state index is 0.180. The lowest BCUT2D eigenvalue weighted by Gasteiger charge is -2.02. The van der Waals surface area contributed by atoms with Crippen molar-refractivity contribution in [2.75, 3.05) is 12.4 Å². The normalized spacial score (nSPS) is 9.93. The van der Waals surface area contributed by atoms with Gasteiger partial charge in [-0.25, -0.2) is 4.39 Å². The van der Waals surface area contributed by atoms with E-state index in [1.807, 2.05) is 6.07 Å². The maximum Gasteiger partial charge on any atom is 0.124 e. The highest BCUT2D eigenvalue weighted by Gasteiger charge is 2.00. The first-order chi connectivity index (χ1) is 7.26. The van der Waals surface area contributed by atoms with E-state index in [1.165, 1.54) is 12.1 Å². The van der Waals surface area contributed by atoms with E-state index in [9.17, 15) is 4.39 Å². The van der Waals surface area contributed by atoms with Crippen molar-refractivity contribution in [2.45, 2.75) is 12.2 Å². The van der Waals surface area contributed by atoms with Crippen LogP contribution < -0.4 is 0 Å². The van der Waals surface area contributed by atoms with E-state index in [0.717, 1.165) is 17.7 Å². The third kappa shape index (κ3) is 4.32. The van der Waals surface area contributed by atoms with Crippen LogP contribution in [0.5, 0.6) is 0 Å². The Morgan fingerprint density at radius 2 is 2.20 bits per heavy atom. The summed E-state index contributed by atoms with van der Waals surface area (Å²) >= 11 is 1.62. The van der Waals surface area contributed by atoms with E-state index in [2.05, 4.69) is 0 Å². The zero-order valence-electron chi connectivity index (χ0n) is 8.24. The van der Waals surface area contributed by atoms with Crippen LogP contribution in [0.1, 0.15) is 17.5 Å². The second kappa shape index (κ2) is 6.44. The molecule has 0 atom stereocenters. The monoisotopic (exact) mass is 225 g/mol. The molecule has 0 aliphatic heterocycles. The summed E-state index contributed by atoms with van der Waals surface area (Å²) in [6.07, 6.45) is 0.741. The zero-order valence-corrected chi connectivity index (χ0v) is 9.06. The van der Waals surface area contributed by atoms with Crippen molar-refractivity contribution in [3.63, 3.8) is 0 Å². The number of aliphatic hydroxyl groups excluding tert-OH is 1. The van der Waals surface area contributed by atoms with Gasteiger partial charge in [-0.1, -0.05) is 0 Å². The van der Waals surface area contributed by atoms with E-state index in [4.69, 9.17) is 10.4 Å². The summed E-state index contributed by atoms with van der Waals surface area (Å²) in [5, 5.41) is 17.2. The predicted octanol–water partition coefficient (Wildman–Crippen LogP) is 2.31. The molecule has 0 radical (unpaired) electrons. The average molecular weight is 225 g/mol. The molecule has 0 bridgehead atoms. The summed E-state index contributed by atoms with van der Waals surface area (Å²) in [6, 6.07) is 6.27. The number of nitrogens with zero attached hydrogens (tertiary/aromatic N) is 1. The molecule has 0 heterocycles. The van der Waals surface area contributed by atoms with Crippen molar-refractivity contribution >= 4 is 11.8 Å². The topological polar surface area (TPSA) is 44.0 Å². The molecule has 2 nitrogen and oxygen atoms in total. The minimum atomic E-state index is -0.369. The molecule has 0 fully saturated rings. The maximum absolute atomic E-state index is 13.0. The van der Waals surface area contributed by atoms with Crippen molar-refractivity contribution in [3.8, 4) is 6.07 Å². The van der Waals surface area contributed by atoms with Gasteiger partial charge in [0.1, 0.15) is 5.82 Å². The molecular formula is C11H12FNOS. The number of nitriles is 1. The van der Waals surface area contributed by atoms with Crippen LogP contribution in [-0.2, 0) is 5.75 Å². The molecule has 0 spiro atoms. The summed E-state index contributed by atoms with van der Waals surface area (Å²) < 4.78 is 13.0. The lowest BCUT2D eigenvalue weighted by Crippen LogP contribution is -1.89. The van der Waals surface area contributed by atoms with Crippen molar-refractivity contribution in [1.29, 1.82) is 5.26 Å². The Morgan fingerprint density at radius 3 is 2.87 bits per heavy atom. The SMILES string of the molecule is N#Cc1cc(F)cc(CSCCCO)c1. The van der Waals surface area contributed by atoms with Crippen LogP contribution in [0.15, 0.2) is 18.2 Å². The zero-order chi connectivity index (χ0) is 11.1. The first kappa shape index (κ1) is 12.0. The fourth-order valence-corrected chi connectivity index (χ4v) is 2.03. The molecule has 0 saturated heterocycles. The van der Waals surface area contributed by atoms with Crippen LogP contribution in [0.3, 0.4) is 0 Å². The first-order valence-corrected chi connectivity index (χ1v) is 5.80. The van der Waals surface area contributed by atoms with Crippen molar-refractivity contribution < 1.29 is 9.50 Å². The van der Waals surface area contributed by atoms with Crippen LogP contribution >= 0.6 is 11.8 Å². The summed E-state index contributed by atoms with van der Waals surface area (Å²) in [4.78, 5) is 0. The van der Waals surface area contributed by atoms with E-state index in [-0.39, 0.29) is 12.4 Å². The van der Waals surface area contributed by atoms with Crippen LogP contribution in [-0.4, -0.2) is 17.5 Å². The van der Waals surface area contributed by atoms with Crippen LogP contribution in [0.4, 0.5) is 4.39 Å². The van der Waals surface area contributed by atoms with Gasteiger partial charge in [-0.05, 0) is 35.9 Å². The number of aliphatic hydroxyl groups is 1. The van der Waals surface area contributed by atoms with Crippen LogP contribution in [0, 0.1) is 17.1 Å². The molecule has 1 N–H and O–H groups in total. The lowest BCUT2D eigenvalue weighted by molar-refractivity contribution is 0.296. The number of thioether (sulfide) groups is 1. The molecule has 1 aromatic carbocycles. The lowest BCUT2D eigenvalue weighted by atomic mass is 10.1.